The first-order valence-corrected chi connectivity index (χ1v) is 18.2. The fourth-order valence-electron chi connectivity index (χ4n) is 2.45. The second kappa shape index (κ2) is 7.01. The summed E-state index contributed by atoms with van der Waals surface area (Å²) in [6, 6.07) is 0. The maximum atomic E-state index is 14.0. The molecule has 1 amide bonds. The standard InChI is InChI=1S/C13H18FN4O2.3CH3.Sn/c1-13(2,3)20-12(19)18-6-4-17(5-7-18)11-15-8-10(14)9-16-11;;;;/h8H,4-7H2,1-3H3;3*1H3;. The van der Waals surface area contributed by atoms with Gasteiger partial charge >= 0.3 is 147 Å². The Morgan fingerprint density at radius 1 is 1.21 bits per heavy atom. The normalized spacial score (nSPS) is 16.3. The van der Waals surface area contributed by atoms with Crippen molar-refractivity contribution in [3.05, 3.63) is 12.0 Å². The molecule has 0 saturated carbocycles. The van der Waals surface area contributed by atoms with Crippen molar-refractivity contribution in [1.82, 2.24) is 14.9 Å². The third-order valence-electron chi connectivity index (χ3n) is 3.66. The third-order valence-corrected chi connectivity index (χ3v) is 8.71. The van der Waals surface area contributed by atoms with Crippen molar-refractivity contribution < 1.29 is 13.9 Å². The molecule has 134 valence electrons. The molecule has 0 aliphatic carbocycles. The van der Waals surface area contributed by atoms with Crippen LogP contribution in [0.5, 0.6) is 0 Å². The maximum absolute atomic E-state index is 14.0. The molecule has 6 nitrogen and oxygen atoms in total. The van der Waals surface area contributed by atoms with Gasteiger partial charge in [-0.25, -0.2) is 0 Å². The summed E-state index contributed by atoms with van der Waals surface area (Å²) in [7, 11) is 0. The van der Waals surface area contributed by atoms with Gasteiger partial charge in [0, 0.05) is 0 Å². The van der Waals surface area contributed by atoms with E-state index in [0.717, 1.165) is 0 Å². The van der Waals surface area contributed by atoms with Gasteiger partial charge in [0.1, 0.15) is 0 Å². The van der Waals surface area contributed by atoms with Gasteiger partial charge in [0.2, 0.25) is 0 Å². The Morgan fingerprint density at radius 2 is 1.79 bits per heavy atom. The fraction of sp³-hybridized carbons (Fsp3) is 0.688. The summed E-state index contributed by atoms with van der Waals surface area (Å²) in [6.45, 7) is 7.88. The van der Waals surface area contributed by atoms with Crippen LogP contribution in [0.4, 0.5) is 15.1 Å². The van der Waals surface area contributed by atoms with E-state index >= 15 is 0 Å². The summed E-state index contributed by atoms with van der Waals surface area (Å²) in [6.07, 6.45) is 0.980. The van der Waals surface area contributed by atoms with Crippen LogP contribution in [0, 0.1) is 5.82 Å². The topological polar surface area (TPSA) is 58.6 Å². The van der Waals surface area contributed by atoms with Gasteiger partial charge in [-0.3, -0.25) is 0 Å². The number of nitrogens with zero attached hydrogens (tertiary/aromatic N) is 4. The molecule has 0 N–H and O–H groups in total. The molecule has 2 rings (SSSR count). The van der Waals surface area contributed by atoms with Crippen LogP contribution in [0.2, 0.25) is 14.8 Å². The second-order valence-corrected chi connectivity index (χ2v) is 22.3. The van der Waals surface area contributed by atoms with Gasteiger partial charge in [-0.05, 0) is 0 Å². The number of ether oxygens (including phenoxy) is 1. The number of carbonyl (C=O) groups is 1. The molecular formula is C16H27FN4O2Sn. The summed E-state index contributed by atoms with van der Waals surface area (Å²) in [5, 5.41) is 0. The van der Waals surface area contributed by atoms with Gasteiger partial charge in [0.15, 0.2) is 0 Å². The molecule has 0 spiro atoms. The van der Waals surface area contributed by atoms with Gasteiger partial charge in [-0.1, -0.05) is 0 Å². The molecule has 2 heterocycles. The number of halogens is 1. The molecule has 1 aromatic rings. The summed E-state index contributed by atoms with van der Waals surface area (Å²) in [5.41, 5.74) is -0.497. The molecule has 0 aromatic carbocycles. The Bertz CT molecular complexity index is 605. The van der Waals surface area contributed by atoms with Crippen molar-refractivity contribution in [2.45, 2.75) is 41.2 Å². The van der Waals surface area contributed by atoms with E-state index in [1.807, 2.05) is 25.7 Å². The van der Waals surface area contributed by atoms with Crippen molar-refractivity contribution in [1.29, 1.82) is 0 Å². The van der Waals surface area contributed by atoms with Crippen LogP contribution in [0.25, 0.3) is 0 Å². The van der Waals surface area contributed by atoms with Gasteiger partial charge in [-0.2, -0.15) is 0 Å². The van der Waals surface area contributed by atoms with E-state index < -0.39 is 24.0 Å². The van der Waals surface area contributed by atoms with E-state index in [0.29, 0.717) is 35.8 Å². The zero-order chi connectivity index (χ0) is 18.1. The van der Waals surface area contributed by atoms with Crippen molar-refractivity contribution in [3.63, 3.8) is 0 Å². The quantitative estimate of drug-likeness (QED) is 0.654. The number of aromatic nitrogens is 2. The average Bonchev–Trinajstić information content (AvgIpc) is 2.45. The van der Waals surface area contributed by atoms with Crippen molar-refractivity contribution >= 4 is 34.1 Å². The van der Waals surface area contributed by atoms with E-state index in [1.165, 1.54) is 6.20 Å². The van der Waals surface area contributed by atoms with E-state index in [2.05, 4.69) is 24.8 Å². The minimum absolute atomic E-state index is 0.297. The van der Waals surface area contributed by atoms with E-state index in [-0.39, 0.29) is 11.9 Å². The number of rotatable bonds is 2. The number of hydrogen-bond donors (Lipinski definition) is 0. The first kappa shape index (κ1) is 19.2. The predicted octanol–water partition coefficient (Wildman–Crippen LogP) is 2.22. The van der Waals surface area contributed by atoms with Crippen LogP contribution in [-0.4, -0.2) is 71.1 Å². The molecule has 1 aliphatic heterocycles. The van der Waals surface area contributed by atoms with E-state index in [1.54, 1.807) is 4.90 Å². The predicted molar refractivity (Wildman–Crippen MR) is 95.0 cm³/mol. The van der Waals surface area contributed by atoms with E-state index in [4.69, 9.17) is 4.74 Å². The first-order valence-electron chi connectivity index (χ1n) is 8.23. The SMILES string of the molecule is CC(C)(C)OC(=O)N1CCN(c2ncc(F)[c]([Sn]([CH3])([CH3])[CH3])n2)CC1. The van der Waals surface area contributed by atoms with Crippen LogP contribution in [0.3, 0.4) is 0 Å². The monoisotopic (exact) mass is 446 g/mol. The Labute approximate surface area is 147 Å². The summed E-state index contributed by atoms with van der Waals surface area (Å²) < 4.78 is 20.0. The summed E-state index contributed by atoms with van der Waals surface area (Å²) in [5.74, 6) is 0.260. The molecule has 0 bridgehead atoms. The van der Waals surface area contributed by atoms with Gasteiger partial charge < -0.3 is 0 Å². The Hall–Kier alpha value is -1.12. The molecule has 1 fully saturated rings. The molecule has 1 aromatic heterocycles. The zero-order valence-electron chi connectivity index (χ0n) is 15.4. The Morgan fingerprint density at radius 3 is 2.29 bits per heavy atom. The number of amides is 1. The number of carbonyl (C=O) groups excluding carboxylic acids is 1. The number of piperazine rings is 1. The van der Waals surface area contributed by atoms with Crippen LogP contribution in [0.1, 0.15) is 20.8 Å². The molecule has 0 radical (unpaired) electrons. The molecule has 0 atom stereocenters. The van der Waals surface area contributed by atoms with Gasteiger partial charge in [0.25, 0.3) is 0 Å². The van der Waals surface area contributed by atoms with Crippen LogP contribution < -0.4 is 8.61 Å². The number of hydrogen-bond acceptors (Lipinski definition) is 5. The molecule has 8 heteroatoms. The second-order valence-electron chi connectivity index (χ2n) is 8.07. The van der Waals surface area contributed by atoms with Crippen molar-refractivity contribution in [3.8, 4) is 0 Å². The summed E-state index contributed by atoms with van der Waals surface area (Å²) in [4.78, 5) is 30.8. The third kappa shape index (κ3) is 4.94. The number of anilines is 1. The Kier molecular flexibility index (Phi) is 5.61. The van der Waals surface area contributed by atoms with E-state index in [9.17, 15) is 9.18 Å². The summed E-state index contributed by atoms with van der Waals surface area (Å²) >= 11 is -2.63. The minimum atomic E-state index is -2.63. The zero-order valence-corrected chi connectivity index (χ0v) is 18.2. The fourth-order valence-corrected chi connectivity index (χ4v) is 5.92. The van der Waals surface area contributed by atoms with Crippen molar-refractivity contribution in [2.24, 2.45) is 0 Å². The molecule has 1 saturated heterocycles. The van der Waals surface area contributed by atoms with Crippen LogP contribution in [-0.2, 0) is 4.74 Å². The Balaban J connectivity index is 2.04. The molecule has 0 unspecified atom stereocenters. The van der Waals surface area contributed by atoms with Crippen LogP contribution >= 0.6 is 0 Å². The van der Waals surface area contributed by atoms with Gasteiger partial charge in [-0.15, -0.1) is 0 Å². The van der Waals surface area contributed by atoms with Crippen LogP contribution in [0.15, 0.2) is 6.20 Å². The van der Waals surface area contributed by atoms with Crippen molar-refractivity contribution in [2.75, 3.05) is 31.1 Å². The average molecular weight is 445 g/mol. The van der Waals surface area contributed by atoms with Gasteiger partial charge in [0.05, 0.1) is 0 Å². The molecule has 1 aliphatic rings. The molecular weight excluding hydrogens is 418 g/mol. The first-order chi connectivity index (χ1) is 11.0. The molecule has 24 heavy (non-hydrogen) atoms.